The maximum absolute atomic E-state index is 13.5. The lowest BCUT2D eigenvalue weighted by molar-refractivity contribution is -0.129. The Morgan fingerprint density at radius 2 is 2.20 bits per heavy atom. The van der Waals surface area contributed by atoms with Crippen molar-refractivity contribution in [1.82, 2.24) is 10.2 Å². The molecule has 2 rings (SSSR count). The van der Waals surface area contributed by atoms with Gasteiger partial charge in [0.2, 0.25) is 5.91 Å². The van der Waals surface area contributed by atoms with E-state index < -0.39 is 11.6 Å². The van der Waals surface area contributed by atoms with Crippen molar-refractivity contribution in [2.75, 3.05) is 26.7 Å². The average molecular weight is 305 g/mol. The summed E-state index contributed by atoms with van der Waals surface area (Å²) < 4.78 is 26.3. The molecule has 0 radical (unpaired) electrons. The third kappa shape index (κ3) is 4.15. The molecule has 0 saturated carbocycles. The van der Waals surface area contributed by atoms with Gasteiger partial charge in [0.25, 0.3) is 0 Å². The Kier molecular flexibility index (Phi) is 6.36. The van der Waals surface area contributed by atoms with Crippen molar-refractivity contribution in [3.05, 3.63) is 35.4 Å². The molecular weight excluding hydrogens is 286 g/mol. The summed E-state index contributed by atoms with van der Waals surface area (Å²) in [6.07, 6.45) is 0.969. The lowest BCUT2D eigenvalue weighted by atomic mass is 10.1. The highest BCUT2D eigenvalue weighted by atomic mass is 35.5. The number of hydrogen-bond donors (Lipinski definition) is 1. The van der Waals surface area contributed by atoms with Crippen LogP contribution in [0.15, 0.2) is 18.2 Å². The predicted molar refractivity (Wildman–Crippen MR) is 75.9 cm³/mol. The third-order valence-electron chi connectivity index (χ3n) is 3.49. The van der Waals surface area contributed by atoms with Gasteiger partial charge in [-0.2, -0.15) is 0 Å². The standard InChI is InChI=1S/C14H18F2N2O.ClH/c1-17-8-10-4-5-18(9-10)14(19)6-11-2-3-12(15)7-13(11)16;/h2-3,7,10,17H,4-6,8-9H2,1H3;1H. The molecule has 112 valence electrons. The Bertz CT molecular complexity index is 470. The van der Waals surface area contributed by atoms with E-state index in [4.69, 9.17) is 0 Å². The molecule has 1 aliphatic heterocycles. The van der Waals surface area contributed by atoms with Gasteiger partial charge in [-0.3, -0.25) is 4.79 Å². The maximum Gasteiger partial charge on any atom is 0.227 e. The van der Waals surface area contributed by atoms with E-state index >= 15 is 0 Å². The van der Waals surface area contributed by atoms with Gasteiger partial charge in [0, 0.05) is 19.2 Å². The van der Waals surface area contributed by atoms with Crippen LogP contribution in [-0.2, 0) is 11.2 Å². The summed E-state index contributed by atoms with van der Waals surface area (Å²) in [5, 5.41) is 3.09. The first-order valence-corrected chi connectivity index (χ1v) is 6.46. The molecule has 1 amide bonds. The fourth-order valence-electron chi connectivity index (χ4n) is 2.45. The lowest BCUT2D eigenvalue weighted by Gasteiger charge is -2.16. The predicted octanol–water partition coefficient (Wildman–Crippen LogP) is 2.00. The smallest absolute Gasteiger partial charge is 0.227 e. The van der Waals surface area contributed by atoms with Gasteiger partial charge >= 0.3 is 0 Å². The molecular formula is C14H19ClF2N2O. The summed E-state index contributed by atoms with van der Waals surface area (Å²) in [5.41, 5.74) is 0.253. The highest BCUT2D eigenvalue weighted by molar-refractivity contribution is 5.85. The van der Waals surface area contributed by atoms with Crippen LogP contribution in [0.5, 0.6) is 0 Å². The van der Waals surface area contributed by atoms with Crippen molar-refractivity contribution in [3.63, 3.8) is 0 Å². The van der Waals surface area contributed by atoms with Crippen LogP contribution < -0.4 is 5.32 Å². The van der Waals surface area contributed by atoms with E-state index in [-0.39, 0.29) is 30.3 Å². The first-order chi connectivity index (χ1) is 9.10. The van der Waals surface area contributed by atoms with Crippen LogP contribution in [0.4, 0.5) is 8.78 Å². The Hall–Kier alpha value is -1.20. The molecule has 1 aromatic rings. The minimum Gasteiger partial charge on any atom is -0.342 e. The van der Waals surface area contributed by atoms with Crippen molar-refractivity contribution in [1.29, 1.82) is 0 Å². The van der Waals surface area contributed by atoms with Crippen LogP contribution in [0.3, 0.4) is 0 Å². The minimum absolute atomic E-state index is 0. The highest BCUT2D eigenvalue weighted by Gasteiger charge is 2.26. The molecule has 1 fully saturated rings. The van der Waals surface area contributed by atoms with Crippen molar-refractivity contribution in [2.24, 2.45) is 5.92 Å². The van der Waals surface area contributed by atoms with E-state index in [1.54, 1.807) is 4.90 Å². The largest absolute Gasteiger partial charge is 0.342 e. The van der Waals surface area contributed by atoms with Gasteiger partial charge < -0.3 is 10.2 Å². The quantitative estimate of drug-likeness (QED) is 0.923. The van der Waals surface area contributed by atoms with Gasteiger partial charge in [0.05, 0.1) is 6.42 Å². The summed E-state index contributed by atoms with van der Waals surface area (Å²) in [6, 6.07) is 3.33. The number of rotatable bonds is 4. The summed E-state index contributed by atoms with van der Waals surface area (Å²) in [4.78, 5) is 13.8. The molecule has 1 aliphatic rings. The molecule has 1 saturated heterocycles. The monoisotopic (exact) mass is 304 g/mol. The van der Waals surface area contributed by atoms with Crippen LogP contribution in [-0.4, -0.2) is 37.5 Å². The Balaban J connectivity index is 0.00000200. The van der Waals surface area contributed by atoms with Crippen molar-refractivity contribution < 1.29 is 13.6 Å². The SMILES string of the molecule is CNCC1CCN(C(=O)Cc2ccc(F)cc2F)C1.Cl. The van der Waals surface area contributed by atoms with E-state index in [2.05, 4.69) is 5.32 Å². The minimum atomic E-state index is -0.653. The zero-order valence-corrected chi connectivity index (χ0v) is 12.2. The molecule has 0 spiro atoms. The number of amides is 1. The van der Waals surface area contributed by atoms with E-state index in [0.717, 1.165) is 19.0 Å². The van der Waals surface area contributed by atoms with Gasteiger partial charge in [-0.1, -0.05) is 6.07 Å². The van der Waals surface area contributed by atoms with Crippen molar-refractivity contribution in [2.45, 2.75) is 12.8 Å². The third-order valence-corrected chi connectivity index (χ3v) is 3.49. The number of likely N-dealkylation sites (tertiary alicyclic amines) is 1. The molecule has 20 heavy (non-hydrogen) atoms. The number of hydrogen-bond acceptors (Lipinski definition) is 2. The van der Waals surface area contributed by atoms with Gasteiger partial charge in [-0.15, -0.1) is 12.4 Å². The molecule has 1 unspecified atom stereocenters. The van der Waals surface area contributed by atoms with Crippen molar-refractivity contribution >= 4 is 18.3 Å². The second-order valence-corrected chi connectivity index (χ2v) is 4.96. The number of nitrogens with zero attached hydrogens (tertiary/aromatic N) is 1. The second-order valence-electron chi connectivity index (χ2n) is 4.96. The van der Waals surface area contributed by atoms with Gasteiger partial charge in [0.1, 0.15) is 11.6 Å². The lowest BCUT2D eigenvalue weighted by Crippen LogP contribution is -2.31. The van der Waals surface area contributed by atoms with E-state index in [9.17, 15) is 13.6 Å². The van der Waals surface area contributed by atoms with Crippen LogP contribution in [0, 0.1) is 17.6 Å². The fourth-order valence-corrected chi connectivity index (χ4v) is 2.45. The molecule has 0 aliphatic carbocycles. The van der Waals surface area contributed by atoms with Crippen LogP contribution in [0.2, 0.25) is 0 Å². The normalized spacial score (nSPS) is 17.9. The van der Waals surface area contributed by atoms with Crippen molar-refractivity contribution in [3.8, 4) is 0 Å². The Morgan fingerprint density at radius 3 is 2.85 bits per heavy atom. The molecule has 1 N–H and O–H groups in total. The van der Waals surface area contributed by atoms with E-state index in [1.807, 2.05) is 7.05 Å². The number of carbonyl (C=O) groups is 1. The number of nitrogens with one attached hydrogen (secondary N) is 1. The van der Waals surface area contributed by atoms with Crippen LogP contribution in [0.25, 0.3) is 0 Å². The fraction of sp³-hybridized carbons (Fsp3) is 0.500. The van der Waals surface area contributed by atoms with E-state index in [1.165, 1.54) is 12.1 Å². The molecule has 1 heterocycles. The number of carbonyl (C=O) groups excluding carboxylic acids is 1. The van der Waals surface area contributed by atoms with E-state index in [0.29, 0.717) is 19.0 Å². The molecule has 6 heteroatoms. The zero-order chi connectivity index (χ0) is 13.8. The summed E-state index contributed by atoms with van der Waals surface area (Å²) in [5.74, 6) is -0.903. The van der Waals surface area contributed by atoms with Gasteiger partial charge in [0.15, 0.2) is 0 Å². The molecule has 3 nitrogen and oxygen atoms in total. The number of benzene rings is 1. The van der Waals surface area contributed by atoms with Gasteiger partial charge in [-0.05, 0) is 37.6 Å². The molecule has 0 aromatic heterocycles. The first kappa shape index (κ1) is 16.9. The zero-order valence-electron chi connectivity index (χ0n) is 11.4. The Morgan fingerprint density at radius 1 is 1.45 bits per heavy atom. The summed E-state index contributed by atoms with van der Waals surface area (Å²) in [6.45, 7) is 2.31. The molecule has 1 atom stereocenters. The second kappa shape index (κ2) is 7.55. The summed E-state index contributed by atoms with van der Waals surface area (Å²) in [7, 11) is 1.89. The molecule has 1 aromatic carbocycles. The Labute approximate surface area is 123 Å². The van der Waals surface area contributed by atoms with Gasteiger partial charge in [-0.25, -0.2) is 8.78 Å². The highest BCUT2D eigenvalue weighted by Crippen LogP contribution is 2.18. The number of halogens is 3. The molecule has 0 bridgehead atoms. The van der Waals surface area contributed by atoms with Crippen LogP contribution in [0.1, 0.15) is 12.0 Å². The topological polar surface area (TPSA) is 32.3 Å². The maximum atomic E-state index is 13.5. The average Bonchev–Trinajstić information content (AvgIpc) is 2.82. The summed E-state index contributed by atoms with van der Waals surface area (Å²) >= 11 is 0. The first-order valence-electron chi connectivity index (χ1n) is 6.46. The van der Waals surface area contributed by atoms with Crippen LogP contribution >= 0.6 is 12.4 Å².